The summed E-state index contributed by atoms with van der Waals surface area (Å²) < 4.78 is 0. The van der Waals surface area contributed by atoms with Gasteiger partial charge in [0, 0.05) is 12.5 Å². The first kappa shape index (κ1) is 9.85. The number of nitrogens with zero attached hydrogens (tertiary/aromatic N) is 3. The fourth-order valence-electron chi connectivity index (χ4n) is 2.12. The number of nitriles is 1. The smallest absolute Gasteiger partial charge is 0.267 e. The van der Waals surface area contributed by atoms with E-state index >= 15 is 0 Å². The van der Waals surface area contributed by atoms with Gasteiger partial charge >= 0.3 is 0 Å². The van der Waals surface area contributed by atoms with Gasteiger partial charge < -0.3 is 5.32 Å². The molecule has 2 heterocycles. The number of hydrazone groups is 1. The first-order chi connectivity index (χ1) is 8.28. The van der Waals surface area contributed by atoms with Gasteiger partial charge in [-0.15, -0.1) is 0 Å². The van der Waals surface area contributed by atoms with Crippen molar-refractivity contribution in [3.05, 3.63) is 29.8 Å². The van der Waals surface area contributed by atoms with Gasteiger partial charge in [0.15, 0.2) is 0 Å². The Hall–Kier alpha value is -2.35. The van der Waals surface area contributed by atoms with Gasteiger partial charge in [0.05, 0.1) is 23.9 Å². The lowest BCUT2D eigenvalue weighted by atomic mass is 10.1. The third-order valence-electron chi connectivity index (χ3n) is 3.04. The minimum atomic E-state index is -0.0638. The van der Waals surface area contributed by atoms with Crippen molar-refractivity contribution < 1.29 is 4.79 Å². The number of hydrogen-bond acceptors (Lipinski definition) is 4. The Labute approximate surface area is 98.3 Å². The molecule has 1 atom stereocenters. The van der Waals surface area contributed by atoms with Crippen molar-refractivity contribution in [2.45, 2.75) is 0 Å². The quantitative estimate of drug-likeness (QED) is 0.757. The fraction of sp³-hybridized carbons (Fsp3) is 0.250. The van der Waals surface area contributed by atoms with Crippen LogP contribution in [0.5, 0.6) is 0 Å². The second-order valence-electron chi connectivity index (χ2n) is 4.13. The number of rotatable bonds is 1. The number of hydrogen-bond donors (Lipinski definition) is 1. The van der Waals surface area contributed by atoms with Crippen molar-refractivity contribution in [3.63, 3.8) is 0 Å². The normalized spacial score (nSPS) is 21.8. The summed E-state index contributed by atoms with van der Waals surface area (Å²) in [6.45, 7) is 1.39. The summed E-state index contributed by atoms with van der Waals surface area (Å²) in [5.41, 5.74) is 2.16. The van der Waals surface area contributed by atoms with Crippen LogP contribution in [-0.4, -0.2) is 24.7 Å². The predicted molar refractivity (Wildman–Crippen MR) is 62.4 cm³/mol. The van der Waals surface area contributed by atoms with E-state index in [9.17, 15) is 4.79 Å². The number of carbonyl (C=O) groups is 1. The zero-order chi connectivity index (χ0) is 11.8. The molecule has 84 valence electrons. The van der Waals surface area contributed by atoms with E-state index < -0.39 is 0 Å². The maximum absolute atomic E-state index is 11.4. The summed E-state index contributed by atoms with van der Waals surface area (Å²) in [6.07, 6.45) is 0. The molecule has 0 aliphatic carbocycles. The molecule has 2 aliphatic rings. The Morgan fingerprint density at radius 3 is 2.82 bits per heavy atom. The van der Waals surface area contributed by atoms with Crippen molar-refractivity contribution in [3.8, 4) is 6.07 Å². The van der Waals surface area contributed by atoms with Gasteiger partial charge in [0.1, 0.15) is 5.71 Å². The molecule has 5 heteroatoms. The minimum Gasteiger partial charge on any atom is -0.350 e. The molecule has 3 rings (SSSR count). The molecule has 1 fully saturated rings. The van der Waals surface area contributed by atoms with E-state index in [-0.39, 0.29) is 11.8 Å². The summed E-state index contributed by atoms with van der Waals surface area (Å²) in [4.78, 5) is 11.4. The molecule has 0 spiro atoms. The van der Waals surface area contributed by atoms with Gasteiger partial charge in [-0.25, -0.2) is 0 Å². The van der Waals surface area contributed by atoms with E-state index in [1.54, 1.807) is 12.1 Å². The van der Waals surface area contributed by atoms with Crippen molar-refractivity contribution >= 4 is 17.3 Å². The van der Waals surface area contributed by atoms with Crippen LogP contribution >= 0.6 is 0 Å². The van der Waals surface area contributed by atoms with Crippen LogP contribution in [0.3, 0.4) is 0 Å². The maximum atomic E-state index is 11.4. The molecule has 0 saturated carbocycles. The van der Waals surface area contributed by atoms with Crippen molar-refractivity contribution in [2.24, 2.45) is 11.0 Å². The Kier molecular flexibility index (Phi) is 2.08. The van der Waals surface area contributed by atoms with Gasteiger partial charge in [-0.3, -0.25) is 9.80 Å². The van der Waals surface area contributed by atoms with Crippen LogP contribution in [0.1, 0.15) is 5.56 Å². The monoisotopic (exact) mass is 226 g/mol. The van der Waals surface area contributed by atoms with Crippen molar-refractivity contribution in [2.75, 3.05) is 18.1 Å². The van der Waals surface area contributed by atoms with Crippen molar-refractivity contribution in [1.82, 2.24) is 5.32 Å². The van der Waals surface area contributed by atoms with Crippen LogP contribution in [0.4, 0.5) is 5.69 Å². The van der Waals surface area contributed by atoms with E-state index in [0.717, 1.165) is 12.2 Å². The maximum Gasteiger partial charge on any atom is 0.267 e. The second-order valence-corrected chi connectivity index (χ2v) is 4.13. The highest BCUT2D eigenvalue weighted by molar-refractivity contribution is 6.42. The fourth-order valence-corrected chi connectivity index (χ4v) is 2.12. The Morgan fingerprint density at radius 2 is 2.18 bits per heavy atom. The Morgan fingerprint density at radius 1 is 1.41 bits per heavy atom. The number of benzene rings is 1. The third kappa shape index (κ3) is 1.54. The Bertz CT molecular complexity index is 541. The number of nitrogens with one attached hydrogen (secondary N) is 1. The SMILES string of the molecule is N#Cc1ccc(N2CC3CNC(=O)C3=N2)cc1. The zero-order valence-electron chi connectivity index (χ0n) is 9.05. The molecule has 0 aromatic heterocycles. The standard InChI is InChI=1S/C12H10N4O/c13-5-8-1-3-10(4-2-8)16-7-9-6-14-12(17)11(9)15-16/h1-4,9H,6-7H2,(H,14,17). The summed E-state index contributed by atoms with van der Waals surface area (Å²) >= 11 is 0. The molecule has 1 amide bonds. The highest BCUT2D eigenvalue weighted by atomic mass is 16.2. The summed E-state index contributed by atoms with van der Waals surface area (Å²) in [5, 5.41) is 17.6. The van der Waals surface area contributed by atoms with E-state index in [0.29, 0.717) is 17.8 Å². The average Bonchev–Trinajstić information content (AvgIpc) is 2.92. The lowest BCUT2D eigenvalue weighted by Crippen LogP contribution is -2.22. The van der Waals surface area contributed by atoms with Crippen LogP contribution in [0, 0.1) is 17.2 Å². The van der Waals surface area contributed by atoms with Crippen LogP contribution in [0.25, 0.3) is 0 Å². The lowest BCUT2D eigenvalue weighted by Gasteiger charge is -2.15. The molecule has 0 radical (unpaired) electrons. The second kappa shape index (κ2) is 3.59. The van der Waals surface area contributed by atoms with E-state index in [4.69, 9.17) is 5.26 Å². The molecule has 0 bridgehead atoms. The molecule has 1 N–H and O–H groups in total. The molecular weight excluding hydrogens is 216 g/mol. The van der Waals surface area contributed by atoms with Crippen LogP contribution < -0.4 is 10.3 Å². The lowest BCUT2D eigenvalue weighted by molar-refractivity contribution is -0.113. The first-order valence-corrected chi connectivity index (χ1v) is 5.42. The predicted octanol–water partition coefficient (Wildman–Crippen LogP) is 0.480. The topological polar surface area (TPSA) is 68.5 Å². The molecule has 1 aromatic rings. The van der Waals surface area contributed by atoms with Crippen LogP contribution in [0.15, 0.2) is 29.4 Å². The number of anilines is 1. The largest absolute Gasteiger partial charge is 0.350 e. The summed E-state index contributed by atoms with van der Waals surface area (Å²) in [6, 6.07) is 9.28. The van der Waals surface area contributed by atoms with E-state index in [2.05, 4.69) is 16.5 Å². The molecular formula is C12H10N4O. The summed E-state index contributed by atoms with van der Waals surface area (Å²) in [7, 11) is 0. The molecule has 1 aromatic carbocycles. The van der Waals surface area contributed by atoms with Gasteiger partial charge in [0.2, 0.25) is 0 Å². The molecule has 2 aliphatic heterocycles. The minimum absolute atomic E-state index is 0.0638. The summed E-state index contributed by atoms with van der Waals surface area (Å²) in [5.74, 6) is 0.129. The number of amides is 1. The van der Waals surface area contributed by atoms with Gasteiger partial charge in [-0.1, -0.05) is 0 Å². The number of fused-ring (bicyclic) bond motifs is 1. The van der Waals surface area contributed by atoms with Crippen LogP contribution in [0.2, 0.25) is 0 Å². The number of carbonyl (C=O) groups excluding carboxylic acids is 1. The first-order valence-electron chi connectivity index (χ1n) is 5.42. The molecule has 1 saturated heterocycles. The van der Waals surface area contributed by atoms with Gasteiger partial charge in [0.25, 0.3) is 5.91 Å². The average molecular weight is 226 g/mol. The molecule has 5 nitrogen and oxygen atoms in total. The molecule has 17 heavy (non-hydrogen) atoms. The van der Waals surface area contributed by atoms with Crippen molar-refractivity contribution in [1.29, 1.82) is 5.26 Å². The third-order valence-corrected chi connectivity index (χ3v) is 3.04. The Balaban J connectivity index is 1.87. The van der Waals surface area contributed by atoms with Crippen LogP contribution in [-0.2, 0) is 4.79 Å². The molecule has 1 unspecified atom stereocenters. The van der Waals surface area contributed by atoms with E-state index in [1.165, 1.54) is 0 Å². The zero-order valence-corrected chi connectivity index (χ0v) is 9.05. The highest BCUT2D eigenvalue weighted by Crippen LogP contribution is 2.24. The van der Waals surface area contributed by atoms with Gasteiger partial charge in [-0.2, -0.15) is 10.4 Å². The van der Waals surface area contributed by atoms with E-state index in [1.807, 2.05) is 17.1 Å². The van der Waals surface area contributed by atoms with Gasteiger partial charge in [-0.05, 0) is 24.3 Å². The highest BCUT2D eigenvalue weighted by Gasteiger charge is 2.37.